The molecule has 1 atom stereocenters. The van der Waals surface area contributed by atoms with E-state index in [1.54, 1.807) is 0 Å². The zero-order valence-corrected chi connectivity index (χ0v) is 9.97. The van der Waals surface area contributed by atoms with E-state index >= 15 is 0 Å². The van der Waals surface area contributed by atoms with E-state index < -0.39 is 5.54 Å². The smallest absolute Gasteiger partial charge is 0.246 e. The first-order valence-electron chi connectivity index (χ1n) is 5.76. The van der Waals surface area contributed by atoms with E-state index in [1.165, 1.54) is 11.1 Å². The van der Waals surface area contributed by atoms with Crippen molar-refractivity contribution in [3.8, 4) is 0 Å². The van der Waals surface area contributed by atoms with Crippen molar-refractivity contribution in [2.24, 2.45) is 5.73 Å². The third-order valence-electron chi connectivity index (χ3n) is 3.16. The average molecular weight is 229 g/mol. The molecular weight excluding hydrogens is 214 g/mol. The minimum absolute atomic E-state index is 0.269. The zero-order chi connectivity index (χ0) is 12.0. The van der Waals surface area contributed by atoms with Crippen molar-refractivity contribution in [3.63, 3.8) is 0 Å². The van der Waals surface area contributed by atoms with E-state index in [4.69, 9.17) is 10.3 Å². The molecule has 0 saturated carbocycles. The highest BCUT2D eigenvalue weighted by molar-refractivity contribution is 5.43. The lowest BCUT2D eigenvalue weighted by Gasteiger charge is -2.27. The second-order valence-electron chi connectivity index (χ2n) is 5.13. The highest BCUT2D eigenvalue weighted by atomic mass is 16.5. The summed E-state index contributed by atoms with van der Waals surface area (Å²) in [6, 6.07) is 8.35. The number of nitrogens with zero attached hydrogens (tertiary/aromatic N) is 2. The first-order chi connectivity index (χ1) is 8.05. The van der Waals surface area contributed by atoms with Gasteiger partial charge in [0.2, 0.25) is 5.89 Å². The van der Waals surface area contributed by atoms with Crippen LogP contribution in [0.15, 0.2) is 28.8 Å². The topological polar surface area (TPSA) is 64.9 Å². The van der Waals surface area contributed by atoms with Crippen LogP contribution in [0.4, 0.5) is 0 Å². The lowest BCUT2D eigenvalue weighted by Crippen LogP contribution is -2.29. The van der Waals surface area contributed by atoms with Gasteiger partial charge in [-0.25, -0.2) is 0 Å². The molecule has 88 valence electrons. The first kappa shape index (κ1) is 10.5. The normalized spacial score (nSPS) is 18.6. The van der Waals surface area contributed by atoms with E-state index in [2.05, 4.69) is 28.3 Å². The van der Waals surface area contributed by atoms with Crippen LogP contribution in [-0.2, 0) is 12.0 Å². The van der Waals surface area contributed by atoms with Gasteiger partial charge in [0.25, 0.3) is 0 Å². The minimum Gasteiger partial charge on any atom is -0.337 e. The summed E-state index contributed by atoms with van der Waals surface area (Å²) in [5.74, 6) is 1.51. The highest BCUT2D eigenvalue weighted by Gasteiger charge is 2.32. The quantitative estimate of drug-likeness (QED) is 0.854. The lowest BCUT2D eigenvalue weighted by molar-refractivity contribution is 0.309. The Morgan fingerprint density at radius 1 is 1.35 bits per heavy atom. The summed E-state index contributed by atoms with van der Waals surface area (Å²) >= 11 is 0. The second-order valence-corrected chi connectivity index (χ2v) is 5.13. The molecule has 1 heterocycles. The third kappa shape index (κ3) is 1.65. The molecule has 17 heavy (non-hydrogen) atoms. The Morgan fingerprint density at radius 3 is 2.76 bits per heavy atom. The molecule has 2 aromatic rings. The van der Waals surface area contributed by atoms with Crippen LogP contribution < -0.4 is 5.73 Å². The molecule has 1 aromatic carbocycles. The van der Waals surface area contributed by atoms with Gasteiger partial charge in [-0.05, 0) is 31.4 Å². The Hall–Kier alpha value is -1.68. The van der Waals surface area contributed by atoms with Gasteiger partial charge in [-0.15, -0.1) is 0 Å². The van der Waals surface area contributed by atoms with E-state index in [0.29, 0.717) is 5.89 Å². The van der Waals surface area contributed by atoms with Gasteiger partial charge in [-0.3, -0.25) is 0 Å². The average Bonchev–Trinajstić information content (AvgIpc) is 2.68. The molecule has 0 spiro atoms. The molecule has 0 radical (unpaired) electrons. The molecule has 0 fully saturated rings. The van der Waals surface area contributed by atoms with Crippen molar-refractivity contribution in [1.29, 1.82) is 0 Å². The Morgan fingerprint density at radius 2 is 2.12 bits per heavy atom. The molecule has 1 unspecified atom stereocenters. The fourth-order valence-electron chi connectivity index (χ4n) is 2.13. The number of fused-ring (bicyclic) bond motifs is 1. The summed E-state index contributed by atoms with van der Waals surface area (Å²) in [4.78, 5) is 4.40. The van der Waals surface area contributed by atoms with Gasteiger partial charge >= 0.3 is 0 Å². The van der Waals surface area contributed by atoms with Crippen LogP contribution in [0.25, 0.3) is 0 Å². The molecule has 0 saturated heterocycles. The summed E-state index contributed by atoms with van der Waals surface area (Å²) in [6.07, 6.45) is 0.986. The fraction of sp³-hybridized carbons (Fsp3) is 0.385. The van der Waals surface area contributed by atoms with Crippen LogP contribution in [0.1, 0.15) is 42.6 Å². The third-order valence-corrected chi connectivity index (χ3v) is 3.16. The van der Waals surface area contributed by atoms with E-state index in [0.717, 1.165) is 12.2 Å². The number of hydrogen-bond acceptors (Lipinski definition) is 4. The van der Waals surface area contributed by atoms with Crippen molar-refractivity contribution >= 4 is 0 Å². The molecule has 1 aliphatic rings. The second kappa shape index (κ2) is 3.40. The predicted octanol–water partition coefficient (Wildman–Crippen LogP) is 1.95. The van der Waals surface area contributed by atoms with Gasteiger partial charge in [0.15, 0.2) is 5.82 Å². The first-order valence-corrected chi connectivity index (χ1v) is 5.76. The van der Waals surface area contributed by atoms with Crippen molar-refractivity contribution in [3.05, 3.63) is 47.1 Å². The van der Waals surface area contributed by atoms with Gasteiger partial charge in [-0.1, -0.05) is 29.4 Å². The van der Waals surface area contributed by atoms with Gasteiger partial charge in [0, 0.05) is 0 Å². The largest absolute Gasteiger partial charge is 0.337 e. The molecule has 4 heteroatoms. The van der Waals surface area contributed by atoms with Crippen LogP contribution in [0.3, 0.4) is 0 Å². The van der Waals surface area contributed by atoms with E-state index in [-0.39, 0.29) is 5.92 Å². The van der Waals surface area contributed by atoms with E-state index in [9.17, 15) is 0 Å². The summed E-state index contributed by atoms with van der Waals surface area (Å²) < 4.78 is 5.21. The number of benzene rings is 1. The van der Waals surface area contributed by atoms with Crippen LogP contribution in [0.2, 0.25) is 0 Å². The highest BCUT2D eigenvalue weighted by Crippen LogP contribution is 2.38. The maximum Gasteiger partial charge on any atom is 0.246 e. The summed E-state index contributed by atoms with van der Waals surface area (Å²) in [7, 11) is 0. The zero-order valence-electron chi connectivity index (χ0n) is 9.97. The molecule has 0 bridgehead atoms. The van der Waals surface area contributed by atoms with Crippen LogP contribution in [-0.4, -0.2) is 10.1 Å². The van der Waals surface area contributed by atoms with Gasteiger partial charge in [0.1, 0.15) is 0 Å². The van der Waals surface area contributed by atoms with Crippen LogP contribution in [0, 0.1) is 0 Å². The number of nitrogens with two attached hydrogens (primary N) is 1. The van der Waals surface area contributed by atoms with Gasteiger partial charge < -0.3 is 10.3 Å². The predicted molar refractivity (Wildman–Crippen MR) is 63.5 cm³/mol. The lowest BCUT2D eigenvalue weighted by atomic mass is 9.77. The Kier molecular flexibility index (Phi) is 2.10. The van der Waals surface area contributed by atoms with Crippen molar-refractivity contribution in [2.45, 2.75) is 31.7 Å². The molecular formula is C13H15N3O. The number of aromatic nitrogens is 2. The van der Waals surface area contributed by atoms with Gasteiger partial charge in [-0.2, -0.15) is 4.98 Å². The molecule has 4 nitrogen and oxygen atoms in total. The van der Waals surface area contributed by atoms with E-state index in [1.807, 2.05) is 19.9 Å². The van der Waals surface area contributed by atoms with Gasteiger partial charge in [0.05, 0.1) is 11.5 Å². The summed E-state index contributed by atoms with van der Waals surface area (Å²) in [6.45, 7) is 3.72. The summed E-state index contributed by atoms with van der Waals surface area (Å²) in [5, 5.41) is 4.04. The Bertz CT molecular complexity index is 554. The maximum atomic E-state index is 5.93. The monoisotopic (exact) mass is 229 g/mol. The Balaban J connectivity index is 1.91. The molecule has 3 rings (SSSR count). The molecule has 1 aromatic heterocycles. The molecule has 0 amide bonds. The van der Waals surface area contributed by atoms with Crippen molar-refractivity contribution in [2.75, 3.05) is 0 Å². The standard InChI is InChI=1S/C13H15N3O/c1-13(2,14)12-15-11(16-17-12)10-7-8-5-3-4-6-9(8)10/h3-6,10H,7,14H2,1-2H3. The molecule has 2 N–H and O–H groups in total. The fourth-order valence-corrected chi connectivity index (χ4v) is 2.13. The number of rotatable bonds is 2. The minimum atomic E-state index is -0.575. The van der Waals surface area contributed by atoms with Crippen LogP contribution in [0.5, 0.6) is 0 Å². The number of hydrogen-bond donors (Lipinski definition) is 1. The maximum absolute atomic E-state index is 5.93. The molecule has 0 aliphatic heterocycles. The SMILES string of the molecule is CC(C)(N)c1nc(C2Cc3ccccc32)no1. The molecule has 1 aliphatic carbocycles. The van der Waals surface area contributed by atoms with Crippen molar-refractivity contribution in [1.82, 2.24) is 10.1 Å². The van der Waals surface area contributed by atoms with Crippen LogP contribution >= 0.6 is 0 Å². The Labute approximate surface area is 99.8 Å². The summed E-state index contributed by atoms with van der Waals surface area (Å²) in [5.41, 5.74) is 8.02. The van der Waals surface area contributed by atoms with Crippen molar-refractivity contribution < 1.29 is 4.52 Å².